The van der Waals surface area contributed by atoms with Crippen molar-refractivity contribution in [2.75, 3.05) is 11.4 Å². The zero-order valence-electron chi connectivity index (χ0n) is 20.8. The maximum atomic E-state index is 13.6. The summed E-state index contributed by atoms with van der Waals surface area (Å²) >= 11 is 0. The van der Waals surface area contributed by atoms with Crippen LogP contribution in [0, 0.1) is 0 Å². The second-order valence-corrected chi connectivity index (χ2v) is 8.49. The molecule has 0 radical (unpaired) electrons. The molecule has 0 aliphatic carbocycles. The van der Waals surface area contributed by atoms with Gasteiger partial charge in [-0.1, -0.05) is 36.4 Å². The second kappa shape index (κ2) is 12.9. The number of alkyl halides is 11. The van der Waals surface area contributed by atoms with Crippen molar-refractivity contribution < 1.29 is 67.6 Å². The monoisotopic (exact) mass is 619 g/mol. The Bertz CT molecular complexity index is 1290. The van der Waals surface area contributed by atoms with E-state index >= 15 is 0 Å². The maximum Gasteiger partial charge on any atom is 0.461 e. The quantitative estimate of drug-likeness (QED) is 0.157. The molecule has 42 heavy (non-hydrogen) atoms. The molecule has 0 amide bonds. The summed E-state index contributed by atoms with van der Waals surface area (Å²) in [7, 11) is 0. The fourth-order valence-corrected chi connectivity index (χ4v) is 3.43. The van der Waals surface area contributed by atoms with E-state index in [0.717, 1.165) is 47.4 Å². The first-order valence-corrected chi connectivity index (χ1v) is 11.6. The summed E-state index contributed by atoms with van der Waals surface area (Å²) < 4.78 is 159. The van der Waals surface area contributed by atoms with E-state index in [1.54, 1.807) is 0 Å². The van der Waals surface area contributed by atoms with Crippen LogP contribution in [0.4, 0.5) is 54.0 Å². The molecular weight excluding hydrogens is 599 g/mol. The van der Waals surface area contributed by atoms with Crippen molar-refractivity contribution in [1.29, 1.82) is 0 Å². The van der Waals surface area contributed by atoms with Gasteiger partial charge in [0, 0.05) is 17.3 Å². The number of benzene rings is 3. The Morgan fingerprint density at radius 1 is 0.643 bits per heavy atom. The fourth-order valence-electron chi connectivity index (χ4n) is 3.43. The van der Waals surface area contributed by atoms with Crippen LogP contribution in [0.1, 0.15) is 11.8 Å². The van der Waals surface area contributed by atoms with Gasteiger partial charge in [0.2, 0.25) is 0 Å². The Morgan fingerprint density at radius 3 is 1.67 bits per heavy atom. The Labute approximate surface area is 230 Å². The molecule has 2 unspecified atom stereocenters. The number of hydrogen-bond acceptors (Lipinski definition) is 5. The van der Waals surface area contributed by atoms with Gasteiger partial charge in [0.15, 0.2) is 12.3 Å². The number of rotatable bonds is 13. The summed E-state index contributed by atoms with van der Waals surface area (Å²) in [6.07, 6.45) is -28.3. The summed E-state index contributed by atoms with van der Waals surface area (Å²) in [4.78, 5) is 0.809. The van der Waals surface area contributed by atoms with E-state index in [4.69, 9.17) is 4.74 Å². The molecule has 0 aliphatic heterocycles. The summed E-state index contributed by atoms with van der Waals surface area (Å²) in [5, 5.41) is 9.87. The van der Waals surface area contributed by atoms with Crippen LogP contribution in [0.2, 0.25) is 0 Å². The lowest BCUT2D eigenvalue weighted by Gasteiger charge is -2.36. The van der Waals surface area contributed by atoms with Crippen molar-refractivity contribution >= 4 is 5.69 Å². The molecular formula is C26H20F11NO4. The number of nitrogens with zero attached hydrogens (tertiary/aromatic N) is 1. The third-order valence-corrected chi connectivity index (χ3v) is 5.33. The minimum atomic E-state index is -5.16. The molecule has 3 aromatic rings. The highest BCUT2D eigenvalue weighted by atomic mass is 19.4. The number of para-hydroxylation sites is 1. The Hall–Kier alpha value is -3.95. The topological polar surface area (TPSA) is 51.2 Å². The Balaban J connectivity index is 2.11. The van der Waals surface area contributed by atoms with Gasteiger partial charge in [0.1, 0.15) is 17.2 Å². The number of ether oxygens (including phenoxy) is 3. The highest BCUT2D eigenvalue weighted by Gasteiger charge is 2.45. The van der Waals surface area contributed by atoms with E-state index in [1.165, 1.54) is 30.3 Å². The largest absolute Gasteiger partial charge is 0.466 e. The SMILES string of the molecule is OC(CN(c1ccccc1)C(Oc1cccc(OC(F)(F)C(F)F)c1)c1cccc(OC(F)(F)C(F)F)c1)C(F)(F)F. The average molecular weight is 619 g/mol. The van der Waals surface area contributed by atoms with Crippen LogP contribution < -0.4 is 19.1 Å². The number of aliphatic hydroxyl groups excluding tert-OH is 1. The molecule has 0 bridgehead atoms. The van der Waals surface area contributed by atoms with Crippen LogP contribution in [0.5, 0.6) is 17.2 Å². The molecule has 2 atom stereocenters. The van der Waals surface area contributed by atoms with Gasteiger partial charge in [-0.05, 0) is 36.4 Å². The number of hydrogen-bond donors (Lipinski definition) is 1. The number of anilines is 1. The summed E-state index contributed by atoms with van der Waals surface area (Å²) in [6, 6.07) is 14.2. The number of aliphatic hydroxyl groups is 1. The minimum absolute atomic E-state index is 0.0355. The molecule has 0 fully saturated rings. The van der Waals surface area contributed by atoms with Gasteiger partial charge in [-0.3, -0.25) is 0 Å². The molecule has 3 aromatic carbocycles. The molecule has 0 heterocycles. The number of halogens is 11. The van der Waals surface area contributed by atoms with Crippen molar-refractivity contribution in [3.8, 4) is 17.2 Å². The lowest BCUT2D eigenvalue weighted by Crippen LogP contribution is -2.44. The van der Waals surface area contributed by atoms with E-state index in [-0.39, 0.29) is 11.3 Å². The van der Waals surface area contributed by atoms with Crippen molar-refractivity contribution in [1.82, 2.24) is 0 Å². The van der Waals surface area contributed by atoms with E-state index in [2.05, 4.69) is 9.47 Å². The molecule has 16 heteroatoms. The first-order chi connectivity index (χ1) is 19.5. The maximum absolute atomic E-state index is 13.6. The van der Waals surface area contributed by atoms with Gasteiger partial charge in [-0.15, -0.1) is 0 Å². The third-order valence-electron chi connectivity index (χ3n) is 5.33. The van der Waals surface area contributed by atoms with Crippen LogP contribution >= 0.6 is 0 Å². The van der Waals surface area contributed by atoms with Crippen LogP contribution in [0.3, 0.4) is 0 Å². The first-order valence-electron chi connectivity index (χ1n) is 11.6. The molecule has 3 rings (SSSR count). The van der Waals surface area contributed by atoms with Crippen molar-refractivity contribution in [2.45, 2.75) is 43.6 Å². The van der Waals surface area contributed by atoms with Gasteiger partial charge >= 0.3 is 31.2 Å². The smallest absolute Gasteiger partial charge is 0.461 e. The van der Waals surface area contributed by atoms with Crippen molar-refractivity contribution in [3.63, 3.8) is 0 Å². The van der Waals surface area contributed by atoms with Crippen LogP contribution in [-0.4, -0.2) is 49.0 Å². The molecule has 1 N–H and O–H groups in total. The van der Waals surface area contributed by atoms with Crippen molar-refractivity contribution in [2.24, 2.45) is 0 Å². The fraction of sp³-hybridized carbons (Fsp3) is 0.308. The molecule has 230 valence electrons. The molecule has 0 spiro atoms. The van der Waals surface area contributed by atoms with Gasteiger partial charge < -0.3 is 24.2 Å². The summed E-state index contributed by atoms with van der Waals surface area (Å²) in [5.74, 6) is -2.15. The van der Waals surface area contributed by atoms with E-state index in [0.29, 0.717) is 6.07 Å². The van der Waals surface area contributed by atoms with Gasteiger partial charge in [0.05, 0.1) is 6.54 Å². The second-order valence-electron chi connectivity index (χ2n) is 8.49. The van der Waals surface area contributed by atoms with Gasteiger partial charge in [-0.2, -0.15) is 48.3 Å². The molecule has 0 aromatic heterocycles. The van der Waals surface area contributed by atoms with Crippen LogP contribution in [-0.2, 0) is 0 Å². The standard InChI is InChI=1S/C26H20F11NO4/c27-22(28)25(34,35)41-18-10-4-6-15(12-18)21(38(14-20(39)24(31,32)33)16-7-2-1-3-8-16)40-17-9-5-11-19(13-17)42-26(36,37)23(29)30/h1-13,20-23,39H,14H2. The molecule has 0 saturated heterocycles. The third kappa shape index (κ3) is 8.53. The van der Waals surface area contributed by atoms with Crippen LogP contribution in [0.15, 0.2) is 78.9 Å². The Morgan fingerprint density at radius 2 is 1.14 bits per heavy atom. The molecule has 0 aliphatic rings. The van der Waals surface area contributed by atoms with E-state index in [9.17, 15) is 53.4 Å². The van der Waals surface area contributed by atoms with Crippen LogP contribution in [0.25, 0.3) is 0 Å². The lowest BCUT2D eigenvalue weighted by atomic mass is 10.1. The minimum Gasteiger partial charge on any atom is -0.466 e. The lowest BCUT2D eigenvalue weighted by molar-refractivity contribution is -0.253. The van der Waals surface area contributed by atoms with Crippen molar-refractivity contribution in [3.05, 3.63) is 84.4 Å². The molecule has 5 nitrogen and oxygen atoms in total. The summed E-state index contributed by atoms with van der Waals surface area (Å²) in [6.45, 7) is -1.24. The highest BCUT2D eigenvalue weighted by molar-refractivity contribution is 5.49. The summed E-state index contributed by atoms with van der Waals surface area (Å²) in [5.41, 5.74) is -0.327. The predicted octanol–water partition coefficient (Wildman–Crippen LogP) is 7.67. The predicted molar refractivity (Wildman–Crippen MR) is 125 cm³/mol. The molecule has 0 saturated carbocycles. The van der Waals surface area contributed by atoms with E-state index in [1.807, 2.05) is 0 Å². The normalized spacial score (nSPS) is 14.0. The van der Waals surface area contributed by atoms with Gasteiger partial charge in [-0.25, -0.2) is 0 Å². The first kappa shape index (κ1) is 32.6. The zero-order chi connectivity index (χ0) is 31.3. The highest BCUT2D eigenvalue weighted by Crippen LogP contribution is 2.37. The van der Waals surface area contributed by atoms with E-state index < -0.39 is 67.4 Å². The van der Waals surface area contributed by atoms with Gasteiger partial charge in [0.25, 0.3) is 0 Å². The average Bonchev–Trinajstić information content (AvgIpc) is 2.90. The Kier molecular flexibility index (Phi) is 10.0. The zero-order valence-corrected chi connectivity index (χ0v) is 20.8.